The van der Waals surface area contributed by atoms with Crippen molar-refractivity contribution >= 4 is 5.78 Å². The van der Waals surface area contributed by atoms with Gasteiger partial charge >= 0.3 is 0 Å². The van der Waals surface area contributed by atoms with Gasteiger partial charge in [-0.2, -0.15) is 0 Å². The predicted octanol–water partition coefficient (Wildman–Crippen LogP) is 2.39. The number of ketones is 1. The Bertz CT molecular complexity index is 303. The number of fused-ring (bicyclic) bond motifs is 1. The first-order chi connectivity index (χ1) is 8.84. The molecule has 0 bridgehead atoms. The first-order valence-corrected chi connectivity index (χ1v) is 7.73. The van der Waals surface area contributed by atoms with Gasteiger partial charge in [0.2, 0.25) is 0 Å². The van der Waals surface area contributed by atoms with Crippen LogP contribution in [0.1, 0.15) is 51.4 Å². The summed E-state index contributed by atoms with van der Waals surface area (Å²) in [6.45, 7) is 3.07. The Balaban J connectivity index is 1.53. The van der Waals surface area contributed by atoms with Gasteiger partial charge in [0.25, 0.3) is 0 Å². The second-order valence-electron chi connectivity index (χ2n) is 6.14. The van der Waals surface area contributed by atoms with Crippen LogP contribution in [-0.4, -0.2) is 42.5 Å². The lowest BCUT2D eigenvalue weighted by Gasteiger charge is -2.44. The Morgan fingerprint density at radius 3 is 2.89 bits per heavy atom. The third kappa shape index (κ3) is 2.62. The molecule has 1 saturated heterocycles. The van der Waals surface area contributed by atoms with E-state index in [9.17, 15) is 4.79 Å². The summed E-state index contributed by atoms with van der Waals surface area (Å²) in [5, 5.41) is 0. The quantitative estimate of drug-likeness (QED) is 0.771. The molecule has 3 atom stereocenters. The average molecular weight is 251 g/mol. The van der Waals surface area contributed by atoms with Crippen molar-refractivity contribution in [2.75, 3.05) is 19.7 Å². The molecule has 3 rings (SSSR count). The highest BCUT2D eigenvalue weighted by Gasteiger charge is 2.34. The molecular weight excluding hydrogens is 226 g/mol. The molecule has 2 aliphatic carbocycles. The summed E-state index contributed by atoms with van der Waals surface area (Å²) in [7, 11) is 0. The van der Waals surface area contributed by atoms with Crippen molar-refractivity contribution in [3.05, 3.63) is 0 Å². The van der Waals surface area contributed by atoms with Crippen molar-refractivity contribution in [2.24, 2.45) is 5.92 Å². The van der Waals surface area contributed by atoms with Crippen LogP contribution in [0, 0.1) is 5.92 Å². The zero-order valence-corrected chi connectivity index (χ0v) is 11.3. The normalized spacial score (nSPS) is 37.8. The molecule has 3 unspecified atom stereocenters. The topological polar surface area (TPSA) is 29.5 Å². The van der Waals surface area contributed by atoms with E-state index in [4.69, 9.17) is 4.74 Å². The summed E-state index contributed by atoms with van der Waals surface area (Å²) < 4.78 is 5.90. The molecule has 3 heteroatoms. The number of carbonyl (C=O) groups is 1. The monoisotopic (exact) mass is 251 g/mol. The van der Waals surface area contributed by atoms with Gasteiger partial charge in [0.1, 0.15) is 5.78 Å². The number of hydrogen-bond donors (Lipinski definition) is 0. The number of rotatable bonds is 3. The number of ether oxygens (including phenoxy) is 1. The summed E-state index contributed by atoms with van der Waals surface area (Å²) >= 11 is 0. The summed E-state index contributed by atoms with van der Waals surface area (Å²) in [5.41, 5.74) is 0. The maximum absolute atomic E-state index is 11.7. The van der Waals surface area contributed by atoms with Crippen molar-refractivity contribution in [2.45, 2.75) is 63.5 Å². The summed E-state index contributed by atoms with van der Waals surface area (Å²) in [4.78, 5) is 14.3. The molecule has 1 heterocycles. The van der Waals surface area contributed by atoms with Gasteiger partial charge in [-0.1, -0.05) is 12.8 Å². The second kappa shape index (κ2) is 5.70. The minimum absolute atomic E-state index is 0.370. The smallest absolute Gasteiger partial charge is 0.136 e. The molecule has 0 aromatic carbocycles. The van der Waals surface area contributed by atoms with Gasteiger partial charge in [-0.15, -0.1) is 0 Å². The first-order valence-electron chi connectivity index (χ1n) is 7.73. The molecule has 3 fully saturated rings. The fourth-order valence-corrected chi connectivity index (χ4v) is 3.97. The van der Waals surface area contributed by atoms with Gasteiger partial charge < -0.3 is 4.74 Å². The fraction of sp³-hybridized carbons (Fsp3) is 0.933. The van der Waals surface area contributed by atoms with E-state index in [1.165, 1.54) is 25.7 Å². The molecular formula is C15H25NO2. The number of hydrogen-bond acceptors (Lipinski definition) is 3. The molecule has 0 amide bonds. The lowest BCUT2D eigenvalue weighted by Crippen LogP contribution is -2.53. The van der Waals surface area contributed by atoms with Gasteiger partial charge in [0, 0.05) is 24.9 Å². The van der Waals surface area contributed by atoms with Crippen LogP contribution in [0.5, 0.6) is 0 Å². The molecule has 0 aromatic rings. The van der Waals surface area contributed by atoms with Crippen LogP contribution in [0.3, 0.4) is 0 Å². The predicted molar refractivity (Wildman–Crippen MR) is 70.5 cm³/mol. The van der Waals surface area contributed by atoms with Crippen LogP contribution in [0.15, 0.2) is 0 Å². The van der Waals surface area contributed by atoms with Crippen LogP contribution >= 0.6 is 0 Å². The standard InChI is InChI=1S/C15H25NO2/c17-14-6-3-4-12(14)8-9-16-10-11-18-15-7-2-1-5-13(15)16/h12-13,15H,1-11H2. The first kappa shape index (κ1) is 12.6. The fourth-order valence-electron chi connectivity index (χ4n) is 3.97. The van der Waals surface area contributed by atoms with Gasteiger partial charge in [-0.25, -0.2) is 0 Å². The Morgan fingerprint density at radius 2 is 2.06 bits per heavy atom. The van der Waals surface area contributed by atoms with Crippen molar-refractivity contribution in [1.29, 1.82) is 0 Å². The van der Waals surface area contributed by atoms with E-state index in [-0.39, 0.29) is 0 Å². The Labute approximate surface area is 110 Å². The zero-order chi connectivity index (χ0) is 12.4. The lowest BCUT2D eigenvalue weighted by atomic mass is 9.89. The van der Waals surface area contributed by atoms with Gasteiger partial charge in [-0.05, 0) is 38.6 Å². The van der Waals surface area contributed by atoms with Crippen LogP contribution in [0.4, 0.5) is 0 Å². The highest BCUT2D eigenvalue weighted by Crippen LogP contribution is 2.30. The molecule has 2 saturated carbocycles. The summed E-state index contributed by atoms with van der Waals surface area (Å²) in [5.74, 6) is 0.887. The van der Waals surface area contributed by atoms with Crippen LogP contribution in [0.2, 0.25) is 0 Å². The van der Waals surface area contributed by atoms with Crippen LogP contribution in [-0.2, 0) is 9.53 Å². The maximum Gasteiger partial charge on any atom is 0.136 e. The van der Waals surface area contributed by atoms with Gasteiger partial charge in [0.15, 0.2) is 0 Å². The minimum atomic E-state index is 0.370. The number of morpholine rings is 1. The third-order valence-electron chi connectivity index (χ3n) is 5.04. The second-order valence-corrected chi connectivity index (χ2v) is 6.14. The van der Waals surface area contributed by atoms with Crippen molar-refractivity contribution in [3.63, 3.8) is 0 Å². The Kier molecular flexibility index (Phi) is 4.00. The largest absolute Gasteiger partial charge is 0.375 e. The van der Waals surface area contributed by atoms with Crippen molar-refractivity contribution < 1.29 is 9.53 Å². The van der Waals surface area contributed by atoms with Gasteiger partial charge in [-0.3, -0.25) is 9.69 Å². The molecule has 3 aliphatic rings. The molecule has 0 spiro atoms. The molecule has 0 radical (unpaired) electrons. The molecule has 1 aliphatic heterocycles. The van der Waals surface area contributed by atoms with Crippen molar-refractivity contribution in [1.82, 2.24) is 4.90 Å². The molecule has 0 N–H and O–H groups in total. The van der Waals surface area contributed by atoms with E-state index >= 15 is 0 Å². The molecule has 3 nitrogen and oxygen atoms in total. The summed E-state index contributed by atoms with van der Waals surface area (Å²) in [6.07, 6.45) is 9.87. The van der Waals surface area contributed by atoms with E-state index < -0.39 is 0 Å². The van der Waals surface area contributed by atoms with Gasteiger partial charge in [0.05, 0.1) is 12.7 Å². The average Bonchev–Trinajstić information content (AvgIpc) is 2.82. The summed E-state index contributed by atoms with van der Waals surface area (Å²) in [6, 6.07) is 0.643. The molecule has 102 valence electrons. The number of carbonyl (C=O) groups excluding carboxylic acids is 1. The lowest BCUT2D eigenvalue weighted by molar-refractivity contribution is -0.121. The van der Waals surface area contributed by atoms with E-state index in [1.54, 1.807) is 0 Å². The SMILES string of the molecule is O=C1CCCC1CCN1CCOC2CCCCC21. The minimum Gasteiger partial charge on any atom is -0.375 e. The third-order valence-corrected chi connectivity index (χ3v) is 5.04. The van der Waals surface area contributed by atoms with Crippen molar-refractivity contribution in [3.8, 4) is 0 Å². The zero-order valence-electron chi connectivity index (χ0n) is 11.3. The van der Waals surface area contributed by atoms with Crippen LogP contribution < -0.4 is 0 Å². The van der Waals surface area contributed by atoms with E-state index in [2.05, 4.69) is 4.90 Å². The van der Waals surface area contributed by atoms with Crippen LogP contribution in [0.25, 0.3) is 0 Å². The van der Waals surface area contributed by atoms with E-state index in [0.717, 1.165) is 45.4 Å². The maximum atomic E-state index is 11.7. The molecule has 0 aromatic heterocycles. The Morgan fingerprint density at radius 1 is 1.17 bits per heavy atom. The van der Waals surface area contributed by atoms with E-state index in [1.807, 2.05) is 0 Å². The van der Waals surface area contributed by atoms with E-state index in [0.29, 0.717) is 23.8 Å². The highest BCUT2D eigenvalue weighted by molar-refractivity contribution is 5.82. The number of Topliss-reactive ketones (excluding diaryl/α,β-unsaturated/α-hetero) is 1. The Hall–Kier alpha value is -0.410. The highest BCUT2D eigenvalue weighted by atomic mass is 16.5. The number of nitrogens with zero attached hydrogens (tertiary/aromatic N) is 1. The molecule has 18 heavy (non-hydrogen) atoms.